The molecule has 0 fully saturated rings. The van der Waals surface area contributed by atoms with Crippen LogP contribution in [0.5, 0.6) is 5.75 Å². The molecule has 0 saturated carbocycles. The summed E-state index contributed by atoms with van der Waals surface area (Å²) in [6.45, 7) is 0.894. The highest BCUT2D eigenvalue weighted by Crippen LogP contribution is 2.37. The summed E-state index contributed by atoms with van der Waals surface area (Å²) in [4.78, 5) is 16.1. The minimum Gasteiger partial charge on any atom is -0.508 e. The van der Waals surface area contributed by atoms with Crippen molar-refractivity contribution in [3.8, 4) is 5.75 Å². The monoisotopic (exact) mass is 388 g/mol. The molecule has 0 aliphatic carbocycles. The van der Waals surface area contributed by atoms with Crippen LogP contribution in [-0.2, 0) is 4.74 Å². The smallest absolute Gasteiger partial charge is 0.320 e. The number of urea groups is 1. The number of likely N-dealkylation sites (N-methyl/N-ethyl adjacent to an activating group) is 1. The van der Waals surface area contributed by atoms with Crippen LogP contribution in [0.15, 0.2) is 48.5 Å². The van der Waals surface area contributed by atoms with E-state index in [1.54, 1.807) is 43.3 Å². The number of amides is 2. The molecule has 0 spiro atoms. The molecule has 5 nitrogen and oxygen atoms in total. The molecular formula is C21H22F2N2O3. The minimum atomic E-state index is -0.552. The maximum atomic E-state index is 14.3. The molecule has 1 atom stereocenters. The zero-order valence-electron chi connectivity index (χ0n) is 15.7. The van der Waals surface area contributed by atoms with Crippen molar-refractivity contribution in [2.24, 2.45) is 0 Å². The Morgan fingerprint density at radius 1 is 1.29 bits per heavy atom. The van der Waals surface area contributed by atoms with Gasteiger partial charge >= 0.3 is 6.03 Å². The van der Waals surface area contributed by atoms with Crippen LogP contribution in [0, 0.1) is 11.6 Å². The fourth-order valence-corrected chi connectivity index (χ4v) is 3.25. The Morgan fingerprint density at radius 2 is 2.07 bits per heavy atom. The molecule has 0 aromatic heterocycles. The van der Waals surface area contributed by atoms with E-state index >= 15 is 0 Å². The Morgan fingerprint density at radius 3 is 2.79 bits per heavy atom. The number of hydrogen-bond donors (Lipinski definition) is 1. The predicted molar refractivity (Wildman–Crippen MR) is 102 cm³/mol. The van der Waals surface area contributed by atoms with E-state index in [4.69, 9.17) is 4.74 Å². The summed E-state index contributed by atoms with van der Waals surface area (Å²) in [6.07, 6.45) is 1.73. The van der Waals surface area contributed by atoms with E-state index in [0.29, 0.717) is 24.3 Å². The second kappa shape index (κ2) is 8.39. The van der Waals surface area contributed by atoms with E-state index in [2.05, 4.69) is 0 Å². The fraction of sp³-hybridized carbons (Fsp3) is 0.286. The third-order valence-corrected chi connectivity index (χ3v) is 4.72. The Bertz CT molecular complexity index is 901. The number of aromatic hydroxyl groups is 1. The number of halogens is 2. The van der Waals surface area contributed by atoms with Gasteiger partial charge in [0.05, 0.1) is 12.6 Å². The van der Waals surface area contributed by atoms with Gasteiger partial charge in [-0.2, -0.15) is 0 Å². The molecule has 2 aromatic rings. The maximum Gasteiger partial charge on any atom is 0.320 e. The van der Waals surface area contributed by atoms with Crippen LogP contribution in [0.25, 0.3) is 5.57 Å². The molecule has 28 heavy (non-hydrogen) atoms. The van der Waals surface area contributed by atoms with Crippen LogP contribution in [-0.4, -0.2) is 54.8 Å². The summed E-state index contributed by atoms with van der Waals surface area (Å²) in [7, 11) is 3.21. The Hall–Kier alpha value is -2.93. The zero-order valence-corrected chi connectivity index (χ0v) is 15.7. The lowest BCUT2D eigenvalue weighted by molar-refractivity contribution is 0.135. The summed E-state index contributed by atoms with van der Waals surface area (Å²) < 4.78 is 33.0. The molecule has 1 aliphatic rings. The van der Waals surface area contributed by atoms with Crippen molar-refractivity contribution in [3.05, 3.63) is 71.3 Å². The van der Waals surface area contributed by atoms with Crippen LogP contribution < -0.4 is 0 Å². The van der Waals surface area contributed by atoms with Crippen molar-refractivity contribution < 1.29 is 23.4 Å². The second-order valence-electron chi connectivity index (χ2n) is 6.68. The molecule has 3 rings (SSSR count). The number of phenolic OH excluding ortho intramolecular Hbond substituents is 1. The molecule has 0 bridgehead atoms. The van der Waals surface area contributed by atoms with E-state index in [-0.39, 0.29) is 23.9 Å². The zero-order chi connectivity index (χ0) is 20.3. The number of phenols is 1. The van der Waals surface area contributed by atoms with Gasteiger partial charge in [0.15, 0.2) is 0 Å². The summed E-state index contributed by atoms with van der Waals surface area (Å²) >= 11 is 0. The molecule has 0 saturated heterocycles. The third kappa shape index (κ3) is 4.14. The molecule has 1 aliphatic heterocycles. The fourth-order valence-electron chi connectivity index (χ4n) is 3.25. The Balaban J connectivity index is 1.97. The van der Waals surface area contributed by atoms with E-state index in [1.165, 1.54) is 11.0 Å². The van der Waals surface area contributed by atoms with Crippen molar-refractivity contribution >= 4 is 11.6 Å². The van der Waals surface area contributed by atoms with Crippen LogP contribution in [0.2, 0.25) is 0 Å². The Labute approximate surface area is 162 Å². The van der Waals surface area contributed by atoms with Gasteiger partial charge in [0.1, 0.15) is 17.4 Å². The molecule has 148 valence electrons. The number of methoxy groups -OCH3 is 1. The van der Waals surface area contributed by atoms with Crippen LogP contribution >= 0.6 is 0 Å². The van der Waals surface area contributed by atoms with Crippen LogP contribution in [0.4, 0.5) is 13.6 Å². The van der Waals surface area contributed by atoms with E-state index in [0.717, 1.165) is 18.2 Å². The van der Waals surface area contributed by atoms with Gasteiger partial charge in [-0.15, -0.1) is 0 Å². The number of carbonyl (C=O) groups is 1. The van der Waals surface area contributed by atoms with E-state index in [1.807, 2.05) is 0 Å². The average Bonchev–Trinajstić information content (AvgIpc) is 3.12. The van der Waals surface area contributed by atoms with Crippen LogP contribution in [0.1, 0.15) is 17.2 Å². The van der Waals surface area contributed by atoms with Gasteiger partial charge < -0.3 is 19.6 Å². The second-order valence-corrected chi connectivity index (χ2v) is 6.68. The van der Waals surface area contributed by atoms with Crippen molar-refractivity contribution in [2.75, 3.05) is 33.9 Å². The molecule has 0 unspecified atom stereocenters. The highest BCUT2D eigenvalue weighted by atomic mass is 19.1. The van der Waals surface area contributed by atoms with Crippen molar-refractivity contribution in [1.82, 2.24) is 9.80 Å². The molecule has 2 aromatic carbocycles. The molecule has 0 radical (unpaired) electrons. The lowest BCUT2D eigenvalue weighted by atomic mass is 10.0. The third-order valence-electron chi connectivity index (χ3n) is 4.72. The molecule has 2 amide bonds. The first-order valence-corrected chi connectivity index (χ1v) is 8.86. The van der Waals surface area contributed by atoms with Crippen molar-refractivity contribution in [3.63, 3.8) is 0 Å². The first kappa shape index (κ1) is 19.8. The first-order valence-electron chi connectivity index (χ1n) is 8.86. The lowest BCUT2D eigenvalue weighted by Gasteiger charge is -2.30. The summed E-state index contributed by atoms with van der Waals surface area (Å²) in [5, 5.41) is 9.83. The lowest BCUT2D eigenvalue weighted by Crippen LogP contribution is -2.42. The SMILES string of the molecule is COCCN(C)C(=O)N1CC(c2cc(F)ccc2F)=C[C@H]1c1cccc(O)c1. The first-order chi connectivity index (χ1) is 13.4. The number of nitrogens with zero attached hydrogens (tertiary/aromatic N) is 2. The Kier molecular flexibility index (Phi) is 5.94. The average molecular weight is 388 g/mol. The number of carbonyl (C=O) groups excluding carboxylic acids is 1. The van der Waals surface area contributed by atoms with Crippen molar-refractivity contribution in [1.29, 1.82) is 0 Å². The minimum absolute atomic E-state index is 0.0661. The normalized spacial score (nSPS) is 16.2. The van der Waals surface area contributed by atoms with Gasteiger partial charge in [0.2, 0.25) is 0 Å². The molecule has 7 heteroatoms. The molecular weight excluding hydrogens is 366 g/mol. The van der Waals surface area contributed by atoms with Gasteiger partial charge in [-0.05, 0) is 41.5 Å². The summed E-state index contributed by atoms with van der Waals surface area (Å²) in [6, 6.07) is 9.03. The van der Waals surface area contributed by atoms with Gasteiger partial charge in [-0.25, -0.2) is 13.6 Å². The number of hydrogen-bond acceptors (Lipinski definition) is 3. The van der Waals surface area contributed by atoms with Gasteiger partial charge in [-0.3, -0.25) is 0 Å². The molecule has 1 heterocycles. The number of ether oxygens (including phenoxy) is 1. The topological polar surface area (TPSA) is 53.0 Å². The van der Waals surface area contributed by atoms with Crippen molar-refractivity contribution in [2.45, 2.75) is 6.04 Å². The molecule has 1 N–H and O–H groups in total. The summed E-state index contributed by atoms with van der Waals surface area (Å²) in [5.74, 6) is -1.03. The maximum absolute atomic E-state index is 14.3. The standard InChI is InChI=1S/C21H22F2N2O3/c1-24(8-9-28-2)21(27)25-13-15(18-12-16(22)6-7-19(18)23)11-20(25)14-4-3-5-17(26)10-14/h3-7,10-12,20,26H,8-9,13H2,1-2H3/t20-/m0/s1. The van der Waals surface area contributed by atoms with Crippen LogP contribution in [0.3, 0.4) is 0 Å². The number of rotatable bonds is 5. The van der Waals surface area contributed by atoms with Gasteiger partial charge in [0.25, 0.3) is 0 Å². The van der Waals surface area contributed by atoms with E-state index < -0.39 is 17.7 Å². The highest BCUT2D eigenvalue weighted by Gasteiger charge is 2.33. The van der Waals surface area contributed by atoms with E-state index in [9.17, 15) is 18.7 Å². The quantitative estimate of drug-likeness (QED) is 0.848. The largest absolute Gasteiger partial charge is 0.508 e. The van der Waals surface area contributed by atoms with Gasteiger partial charge in [0, 0.05) is 32.8 Å². The highest BCUT2D eigenvalue weighted by molar-refractivity contribution is 5.82. The predicted octanol–water partition coefficient (Wildman–Crippen LogP) is 3.81. The number of benzene rings is 2. The summed E-state index contributed by atoms with van der Waals surface area (Å²) in [5.41, 5.74) is 1.32. The van der Waals surface area contributed by atoms with Gasteiger partial charge in [-0.1, -0.05) is 18.2 Å².